The summed E-state index contributed by atoms with van der Waals surface area (Å²) in [6.45, 7) is 9.83. The Hall–Kier alpha value is -5.26. The van der Waals surface area contributed by atoms with Crippen molar-refractivity contribution in [1.82, 2.24) is 24.3 Å². The van der Waals surface area contributed by atoms with Gasteiger partial charge in [-0.1, -0.05) is 19.1 Å². The van der Waals surface area contributed by atoms with Gasteiger partial charge in [-0.15, -0.1) is 0 Å². The summed E-state index contributed by atoms with van der Waals surface area (Å²) in [6, 6.07) is 11.7. The lowest BCUT2D eigenvalue weighted by Gasteiger charge is -2.36. The largest absolute Gasteiger partial charge is 0.493 e. The van der Waals surface area contributed by atoms with E-state index in [9.17, 15) is 18.8 Å². The minimum atomic E-state index is -0.509. The van der Waals surface area contributed by atoms with E-state index in [-0.39, 0.29) is 24.8 Å². The molecule has 11 nitrogen and oxygen atoms in total. The van der Waals surface area contributed by atoms with E-state index in [4.69, 9.17) is 14.5 Å². The lowest BCUT2D eigenvalue weighted by atomic mass is 9.96. The molecule has 1 aliphatic carbocycles. The Morgan fingerprint density at radius 1 is 0.962 bits per heavy atom. The highest BCUT2D eigenvalue weighted by Crippen LogP contribution is 2.40. The van der Waals surface area contributed by atoms with Crippen LogP contribution in [0.2, 0.25) is 0 Å². The molecule has 2 amide bonds. The number of nitrogens with zero attached hydrogens (tertiary/aromatic N) is 6. The van der Waals surface area contributed by atoms with Crippen molar-refractivity contribution in [2.75, 3.05) is 57.9 Å². The monoisotopic (exact) mass is 722 g/mol. The van der Waals surface area contributed by atoms with Crippen molar-refractivity contribution in [3.8, 4) is 16.9 Å². The van der Waals surface area contributed by atoms with Crippen molar-refractivity contribution in [3.63, 3.8) is 0 Å². The average molecular weight is 723 g/mol. The van der Waals surface area contributed by atoms with E-state index < -0.39 is 11.8 Å². The molecule has 7 rings (SSSR count). The molecular weight excluding hydrogens is 675 g/mol. The van der Waals surface area contributed by atoms with E-state index >= 15 is 0 Å². The molecule has 12 heteroatoms. The van der Waals surface area contributed by atoms with Crippen molar-refractivity contribution in [2.45, 2.75) is 59.4 Å². The first-order chi connectivity index (χ1) is 25.7. The predicted molar refractivity (Wildman–Crippen MR) is 201 cm³/mol. The molecule has 0 spiro atoms. The van der Waals surface area contributed by atoms with Crippen LogP contribution in [0.1, 0.15) is 67.0 Å². The maximum atomic E-state index is 14.4. The Kier molecular flexibility index (Phi) is 10.5. The standard InChI is InChI=1S/C41H47FN6O5/c1-5-34-32(12-9-26(3)44-34)33-19-30(41(51)46-16-14-45(15-17-46)40-36(52-4)21-31(42)23-43-40)18-29-20-35(48(39(29)33)24-27-10-11-27)28-8-7-13-47(25-28)37(49)22-38(50)53-6-2/h8-9,12,18-21,23,27H,5-7,10-11,13-17,22,24-25H2,1-4H3. The van der Waals surface area contributed by atoms with Gasteiger partial charge in [0.05, 0.1) is 25.4 Å². The van der Waals surface area contributed by atoms with Crippen LogP contribution >= 0.6 is 0 Å². The predicted octanol–water partition coefficient (Wildman–Crippen LogP) is 6.06. The number of rotatable bonds is 11. The fraction of sp³-hybridized carbons (Fsp3) is 0.439. The number of fused-ring (bicyclic) bond motifs is 1. The number of ether oxygens (including phenoxy) is 2. The van der Waals surface area contributed by atoms with E-state index in [1.165, 1.54) is 19.4 Å². The molecule has 3 aliphatic rings. The van der Waals surface area contributed by atoms with Crippen LogP contribution in [0.15, 0.2) is 48.7 Å². The minimum absolute atomic E-state index is 0.0611. The molecule has 2 aliphatic heterocycles. The zero-order chi connectivity index (χ0) is 37.2. The lowest BCUT2D eigenvalue weighted by Crippen LogP contribution is -2.49. The Bertz CT molecular complexity index is 2080. The van der Waals surface area contributed by atoms with Gasteiger partial charge in [0.2, 0.25) is 5.91 Å². The van der Waals surface area contributed by atoms with Gasteiger partial charge in [-0.05, 0) is 75.3 Å². The molecule has 2 fully saturated rings. The van der Waals surface area contributed by atoms with Gasteiger partial charge in [0.1, 0.15) is 12.2 Å². The molecule has 0 radical (unpaired) electrons. The van der Waals surface area contributed by atoms with Gasteiger partial charge in [-0.3, -0.25) is 19.4 Å². The highest BCUT2D eigenvalue weighted by atomic mass is 19.1. The number of carbonyl (C=O) groups is 3. The third kappa shape index (κ3) is 7.63. The van der Waals surface area contributed by atoms with Gasteiger partial charge in [-0.25, -0.2) is 9.37 Å². The number of esters is 1. The third-order valence-corrected chi connectivity index (χ3v) is 10.4. The second-order valence-electron chi connectivity index (χ2n) is 14.1. The number of amides is 2. The molecule has 1 saturated carbocycles. The average Bonchev–Trinajstić information content (AvgIpc) is 3.92. The van der Waals surface area contributed by atoms with Gasteiger partial charge in [-0.2, -0.15) is 0 Å². The van der Waals surface area contributed by atoms with Gasteiger partial charge in [0.15, 0.2) is 11.6 Å². The molecule has 0 bridgehead atoms. The first kappa shape index (κ1) is 36.1. The van der Waals surface area contributed by atoms with Crippen molar-refractivity contribution in [1.29, 1.82) is 0 Å². The van der Waals surface area contributed by atoms with Gasteiger partial charge >= 0.3 is 5.97 Å². The molecule has 0 unspecified atom stereocenters. The fourth-order valence-corrected chi connectivity index (χ4v) is 7.58. The van der Waals surface area contributed by atoms with Crippen molar-refractivity contribution in [2.24, 2.45) is 5.92 Å². The summed E-state index contributed by atoms with van der Waals surface area (Å²) in [4.78, 5) is 54.5. The summed E-state index contributed by atoms with van der Waals surface area (Å²) >= 11 is 0. The Morgan fingerprint density at radius 3 is 2.47 bits per heavy atom. The first-order valence-electron chi connectivity index (χ1n) is 18.7. The molecule has 1 saturated heterocycles. The highest BCUT2D eigenvalue weighted by Gasteiger charge is 2.31. The maximum Gasteiger partial charge on any atom is 0.315 e. The summed E-state index contributed by atoms with van der Waals surface area (Å²) in [6.07, 6.45) is 6.84. The van der Waals surface area contributed by atoms with Crippen LogP contribution in [-0.2, 0) is 27.3 Å². The number of pyridine rings is 2. The van der Waals surface area contributed by atoms with Crippen molar-refractivity contribution < 1.29 is 28.2 Å². The third-order valence-electron chi connectivity index (χ3n) is 10.4. The quantitative estimate of drug-likeness (QED) is 0.136. The van der Waals surface area contributed by atoms with Crippen LogP contribution in [0.4, 0.5) is 10.2 Å². The number of benzene rings is 1. The molecule has 53 heavy (non-hydrogen) atoms. The van der Waals surface area contributed by atoms with Gasteiger partial charge in [0.25, 0.3) is 5.91 Å². The Morgan fingerprint density at radius 2 is 1.75 bits per heavy atom. The van der Waals surface area contributed by atoms with Crippen LogP contribution in [0, 0.1) is 18.7 Å². The first-order valence-corrected chi connectivity index (χ1v) is 18.7. The number of anilines is 1. The smallest absolute Gasteiger partial charge is 0.315 e. The fourth-order valence-electron chi connectivity index (χ4n) is 7.58. The molecule has 278 valence electrons. The SMILES string of the molecule is CCOC(=O)CC(=O)N1CCC=C(c2cc3cc(C(=O)N4CCN(c5ncc(F)cc5OC)CC4)cc(-c4ccc(C)nc4CC)c3n2CC2CC2)C1. The van der Waals surface area contributed by atoms with E-state index in [1.54, 1.807) is 11.8 Å². The molecular formula is C41H47FN6O5. The number of carbonyl (C=O) groups excluding carboxylic acids is 3. The lowest BCUT2D eigenvalue weighted by molar-refractivity contribution is -0.148. The Labute approximate surface area is 309 Å². The number of methoxy groups -OCH3 is 1. The molecule has 1 aromatic carbocycles. The van der Waals surface area contributed by atoms with Crippen molar-refractivity contribution >= 4 is 40.1 Å². The van der Waals surface area contributed by atoms with E-state index in [1.807, 2.05) is 34.9 Å². The summed E-state index contributed by atoms with van der Waals surface area (Å²) < 4.78 is 26.7. The summed E-state index contributed by atoms with van der Waals surface area (Å²) in [5.74, 6) is 0.209. The normalized spacial score (nSPS) is 16.2. The van der Waals surface area contributed by atoms with Crippen LogP contribution < -0.4 is 9.64 Å². The molecule has 4 aromatic rings. The zero-order valence-electron chi connectivity index (χ0n) is 31.0. The van der Waals surface area contributed by atoms with Crippen molar-refractivity contribution in [3.05, 3.63) is 77.1 Å². The van der Waals surface area contributed by atoms with E-state index in [0.29, 0.717) is 68.7 Å². The minimum Gasteiger partial charge on any atom is -0.493 e. The van der Waals surface area contributed by atoms with Crippen LogP contribution in [0.3, 0.4) is 0 Å². The van der Waals surface area contributed by atoms with Crippen LogP contribution in [0.5, 0.6) is 5.75 Å². The molecule has 0 N–H and O–H groups in total. The topological polar surface area (TPSA) is 110 Å². The number of hydrogen-bond donors (Lipinski definition) is 0. The molecule has 0 atom stereocenters. The van der Waals surface area contributed by atoms with E-state index in [0.717, 1.165) is 70.5 Å². The number of halogens is 1. The number of piperazine rings is 1. The second-order valence-corrected chi connectivity index (χ2v) is 14.1. The number of hydrogen-bond acceptors (Lipinski definition) is 8. The molecule has 3 aromatic heterocycles. The Balaban J connectivity index is 1.26. The maximum absolute atomic E-state index is 14.4. The summed E-state index contributed by atoms with van der Waals surface area (Å²) in [5, 5.41) is 0.957. The van der Waals surface area contributed by atoms with Crippen LogP contribution in [0.25, 0.3) is 27.6 Å². The van der Waals surface area contributed by atoms with Gasteiger partial charge < -0.3 is 28.7 Å². The highest BCUT2D eigenvalue weighted by molar-refractivity contribution is 6.05. The summed E-state index contributed by atoms with van der Waals surface area (Å²) in [5.41, 5.74) is 7.59. The number of aryl methyl sites for hydroxylation is 2. The summed E-state index contributed by atoms with van der Waals surface area (Å²) in [7, 11) is 1.50. The van der Waals surface area contributed by atoms with E-state index in [2.05, 4.69) is 34.7 Å². The molecule has 5 heterocycles. The number of aromatic nitrogens is 3. The van der Waals surface area contributed by atoms with Crippen LogP contribution in [-0.4, -0.2) is 95.1 Å². The zero-order valence-corrected chi connectivity index (χ0v) is 31.0. The van der Waals surface area contributed by atoms with Gasteiger partial charge in [0, 0.05) is 91.0 Å². The second kappa shape index (κ2) is 15.4.